The number of hydrogen-bond donors (Lipinski definition) is 0. The molecule has 0 N–H and O–H groups in total. The van der Waals surface area contributed by atoms with Gasteiger partial charge < -0.3 is 14.2 Å². The van der Waals surface area contributed by atoms with Gasteiger partial charge in [-0.2, -0.15) is 0 Å². The van der Waals surface area contributed by atoms with Crippen LogP contribution in [0.3, 0.4) is 0 Å². The Morgan fingerprint density at radius 2 is 2.43 bits per heavy atom. The van der Waals surface area contributed by atoms with Crippen LogP contribution in [0, 0.1) is 5.92 Å². The number of carbonyl (C=O) groups is 1. The Kier molecular flexibility index (Phi) is 3.95. The summed E-state index contributed by atoms with van der Waals surface area (Å²) in [6, 6.07) is 0. The van der Waals surface area contributed by atoms with Gasteiger partial charge in [0.1, 0.15) is 0 Å². The minimum Gasteiger partial charge on any atom is -0.463 e. The molecule has 0 spiro atoms. The lowest BCUT2D eigenvalue weighted by atomic mass is 10.0. The van der Waals surface area contributed by atoms with Gasteiger partial charge in [0.15, 0.2) is 0 Å². The van der Waals surface area contributed by atoms with E-state index in [0.29, 0.717) is 6.61 Å². The number of rotatable bonds is 3. The largest absolute Gasteiger partial charge is 0.463 e. The van der Waals surface area contributed by atoms with Crippen molar-refractivity contribution in [1.29, 1.82) is 0 Å². The molecule has 0 aliphatic carbocycles. The molecule has 4 nitrogen and oxygen atoms in total. The fraction of sp³-hybridized carbons (Fsp3) is 0.700. The van der Waals surface area contributed by atoms with E-state index < -0.39 is 5.97 Å². The summed E-state index contributed by atoms with van der Waals surface area (Å²) in [5.74, 6) is 0.0837. The Morgan fingerprint density at radius 3 is 3.00 bits per heavy atom. The first-order chi connectivity index (χ1) is 6.67. The van der Waals surface area contributed by atoms with Crippen molar-refractivity contribution in [2.75, 3.05) is 13.7 Å². The van der Waals surface area contributed by atoms with Gasteiger partial charge in [0.2, 0.25) is 12.0 Å². The van der Waals surface area contributed by atoms with Crippen molar-refractivity contribution in [1.82, 2.24) is 0 Å². The molecular weight excluding hydrogens is 184 g/mol. The van der Waals surface area contributed by atoms with Crippen molar-refractivity contribution >= 4 is 5.97 Å². The van der Waals surface area contributed by atoms with Gasteiger partial charge in [-0.25, -0.2) is 4.79 Å². The second-order valence-electron chi connectivity index (χ2n) is 3.24. The summed E-state index contributed by atoms with van der Waals surface area (Å²) < 4.78 is 15.2. The van der Waals surface area contributed by atoms with Crippen LogP contribution in [-0.4, -0.2) is 26.0 Å². The Labute approximate surface area is 83.8 Å². The summed E-state index contributed by atoms with van der Waals surface area (Å²) >= 11 is 0. The molecule has 80 valence electrons. The molecule has 0 radical (unpaired) electrons. The van der Waals surface area contributed by atoms with E-state index in [1.165, 1.54) is 7.11 Å². The maximum absolute atomic E-state index is 11.2. The van der Waals surface area contributed by atoms with Gasteiger partial charge >= 0.3 is 5.97 Å². The molecule has 0 fully saturated rings. The van der Waals surface area contributed by atoms with Crippen molar-refractivity contribution in [2.24, 2.45) is 5.92 Å². The van der Waals surface area contributed by atoms with Crippen LogP contribution < -0.4 is 0 Å². The lowest BCUT2D eigenvalue weighted by Gasteiger charge is -2.26. The van der Waals surface area contributed by atoms with Crippen molar-refractivity contribution in [3.8, 4) is 0 Å². The third-order valence-corrected chi connectivity index (χ3v) is 2.00. The first-order valence-corrected chi connectivity index (χ1v) is 4.75. The minimum atomic E-state index is -0.443. The Bertz CT molecular complexity index is 234. The van der Waals surface area contributed by atoms with Crippen LogP contribution in [0.2, 0.25) is 0 Å². The van der Waals surface area contributed by atoms with Crippen molar-refractivity contribution in [3.63, 3.8) is 0 Å². The number of allylic oxidation sites excluding steroid dienone is 1. The van der Waals surface area contributed by atoms with Crippen LogP contribution in [-0.2, 0) is 19.0 Å². The van der Waals surface area contributed by atoms with Gasteiger partial charge in [0.05, 0.1) is 7.11 Å². The van der Waals surface area contributed by atoms with E-state index in [1.54, 1.807) is 6.08 Å². The molecule has 0 amide bonds. The molecule has 1 aliphatic heterocycles. The highest BCUT2D eigenvalue weighted by Crippen LogP contribution is 2.23. The van der Waals surface area contributed by atoms with Crippen LogP contribution >= 0.6 is 0 Å². The molecule has 0 unspecified atom stereocenters. The minimum absolute atomic E-state index is 0.254. The smallest absolute Gasteiger partial charge is 0.373 e. The fourth-order valence-electron chi connectivity index (χ4n) is 1.36. The van der Waals surface area contributed by atoms with Crippen LogP contribution in [0.5, 0.6) is 0 Å². The summed E-state index contributed by atoms with van der Waals surface area (Å²) in [6.45, 7) is 4.48. The molecule has 0 saturated heterocycles. The summed E-state index contributed by atoms with van der Waals surface area (Å²) in [5.41, 5.74) is 0. The fourth-order valence-corrected chi connectivity index (χ4v) is 1.36. The molecule has 4 heteroatoms. The Balaban J connectivity index is 2.63. The van der Waals surface area contributed by atoms with E-state index in [0.717, 1.165) is 6.42 Å². The predicted molar refractivity (Wildman–Crippen MR) is 50.4 cm³/mol. The van der Waals surface area contributed by atoms with Crippen LogP contribution in [0.1, 0.15) is 20.3 Å². The SMILES string of the molecule is CCO[C@@H]1C[C@H](C)C=C(C(=O)OC)O1. The van der Waals surface area contributed by atoms with Crippen LogP contribution in [0.4, 0.5) is 0 Å². The zero-order valence-corrected chi connectivity index (χ0v) is 8.78. The molecule has 2 atom stereocenters. The first kappa shape index (κ1) is 11.0. The highest BCUT2D eigenvalue weighted by Gasteiger charge is 2.25. The second kappa shape index (κ2) is 5.00. The van der Waals surface area contributed by atoms with Crippen LogP contribution in [0.15, 0.2) is 11.8 Å². The van der Waals surface area contributed by atoms with Crippen molar-refractivity contribution < 1.29 is 19.0 Å². The quantitative estimate of drug-likeness (QED) is 0.647. The molecule has 0 aromatic rings. The predicted octanol–water partition coefficient (Wildman–Crippen LogP) is 1.46. The molecule has 0 aromatic heterocycles. The molecule has 0 aromatic carbocycles. The van der Waals surface area contributed by atoms with Crippen molar-refractivity contribution in [3.05, 3.63) is 11.8 Å². The Hall–Kier alpha value is -1.03. The number of hydrogen-bond acceptors (Lipinski definition) is 4. The lowest BCUT2D eigenvalue weighted by Crippen LogP contribution is -2.27. The number of carbonyl (C=O) groups excluding carboxylic acids is 1. The number of esters is 1. The molecule has 1 heterocycles. The third kappa shape index (κ3) is 2.73. The highest BCUT2D eigenvalue weighted by molar-refractivity contribution is 5.86. The maximum Gasteiger partial charge on any atom is 0.373 e. The molecule has 0 bridgehead atoms. The lowest BCUT2D eigenvalue weighted by molar-refractivity contribution is -0.159. The summed E-state index contributed by atoms with van der Waals surface area (Å²) in [5, 5.41) is 0. The van der Waals surface area contributed by atoms with Crippen molar-refractivity contribution in [2.45, 2.75) is 26.6 Å². The van der Waals surface area contributed by atoms with Gasteiger partial charge in [-0.05, 0) is 18.9 Å². The van der Waals surface area contributed by atoms with E-state index in [1.807, 2.05) is 13.8 Å². The summed E-state index contributed by atoms with van der Waals surface area (Å²) in [4.78, 5) is 11.2. The van der Waals surface area contributed by atoms with Gasteiger partial charge in [0.25, 0.3) is 0 Å². The molecule has 14 heavy (non-hydrogen) atoms. The summed E-state index contributed by atoms with van der Waals surface area (Å²) in [7, 11) is 1.33. The molecule has 1 rings (SSSR count). The molecule has 1 aliphatic rings. The average molecular weight is 200 g/mol. The van der Waals surface area contributed by atoms with E-state index in [2.05, 4.69) is 4.74 Å². The highest BCUT2D eigenvalue weighted by atomic mass is 16.7. The van der Waals surface area contributed by atoms with Gasteiger partial charge in [-0.15, -0.1) is 0 Å². The van der Waals surface area contributed by atoms with E-state index >= 15 is 0 Å². The van der Waals surface area contributed by atoms with Crippen LogP contribution in [0.25, 0.3) is 0 Å². The van der Waals surface area contributed by atoms with Gasteiger partial charge in [-0.1, -0.05) is 6.92 Å². The second-order valence-corrected chi connectivity index (χ2v) is 3.24. The zero-order valence-electron chi connectivity index (χ0n) is 8.78. The number of methoxy groups -OCH3 is 1. The Morgan fingerprint density at radius 1 is 1.71 bits per heavy atom. The van der Waals surface area contributed by atoms with E-state index in [-0.39, 0.29) is 18.0 Å². The standard InChI is InChI=1S/C10H16O4/c1-4-13-9-6-7(2)5-8(14-9)10(11)12-3/h5,7,9H,4,6H2,1-3H3/t7-,9+/m1/s1. The summed E-state index contributed by atoms with van der Waals surface area (Å²) in [6.07, 6.45) is 2.21. The molecular formula is C10H16O4. The van der Waals surface area contributed by atoms with Gasteiger partial charge in [0, 0.05) is 13.0 Å². The topological polar surface area (TPSA) is 44.8 Å². The maximum atomic E-state index is 11.2. The zero-order chi connectivity index (χ0) is 10.6. The van der Waals surface area contributed by atoms with Gasteiger partial charge in [-0.3, -0.25) is 0 Å². The van der Waals surface area contributed by atoms with E-state index in [9.17, 15) is 4.79 Å². The first-order valence-electron chi connectivity index (χ1n) is 4.75. The monoisotopic (exact) mass is 200 g/mol. The van der Waals surface area contributed by atoms with E-state index in [4.69, 9.17) is 9.47 Å². The normalized spacial score (nSPS) is 26.4. The third-order valence-electron chi connectivity index (χ3n) is 2.00. The average Bonchev–Trinajstić information content (AvgIpc) is 2.16. The number of ether oxygens (including phenoxy) is 3. The molecule has 0 saturated carbocycles.